The second kappa shape index (κ2) is 5.98. The first-order valence-corrected chi connectivity index (χ1v) is 7.38. The van der Waals surface area contributed by atoms with Crippen LogP contribution in [-0.2, 0) is 10.0 Å². The second-order valence-corrected chi connectivity index (χ2v) is 6.04. The Kier molecular flexibility index (Phi) is 4.88. The van der Waals surface area contributed by atoms with Crippen molar-refractivity contribution in [2.24, 2.45) is 0 Å². The lowest BCUT2D eigenvalue weighted by Gasteiger charge is -2.13. The number of hydrogen-bond donors (Lipinski definition) is 1. The van der Waals surface area contributed by atoms with Gasteiger partial charge >= 0.3 is 0 Å². The Hall–Kier alpha value is -1.38. The van der Waals surface area contributed by atoms with Gasteiger partial charge in [0.2, 0.25) is 10.0 Å². The van der Waals surface area contributed by atoms with Crippen LogP contribution in [0.15, 0.2) is 23.1 Å². The van der Waals surface area contributed by atoms with E-state index in [9.17, 15) is 8.42 Å². The highest BCUT2D eigenvalue weighted by molar-refractivity contribution is 7.89. The molecule has 1 atom stereocenters. The predicted octanol–water partition coefficient (Wildman–Crippen LogP) is 2.27. The first-order chi connectivity index (χ1) is 8.40. The van der Waals surface area contributed by atoms with Gasteiger partial charge in [-0.15, -0.1) is 0 Å². The average molecular weight is 266 g/mol. The highest BCUT2D eigenvalue weighted by Gasteiger charge is 2.20. The van der Waals surface area contributed by atoms with Crippen molar-refractivity contribution in [1.29, 1.82) is 5.26 Å². The molecule has 1 N–H and O–H groups in total. The van der Waals surface area contributed by atoms with Gasteiger partial charge in [0, 0.05) is 0 Å². The van der Waals surface area contributed by atoms with Gasteiger partial charge in [0.25, 0.3) is 0 Å². The smallest absolute Gasteiger partial charge is 0.207 e. The van der Waals surface area contributed by atoms with Crippen molar-refractivity contribution in [3.05, 3.63) is 29.3 Å². The van der Waals surface area contributed by atoms with Crippen LogP contribution in [-0.4, -0.2) is 14.5 Å². The van der Waals surface area contributed by atoms with Gasteiger partial charge in [0.05, 0.1) is 11.0 Å². The third-order valence-electron chi connectivity index (χ3n) is 2.65. The first kappa shape index (κ1) is 14.7. The molecule has 0 aliphatic heterocycles. The highest BCUT2D eigenvalue weighted by Crippen LogP contribution is 2.17. The van der Waals surface area contributed by atoms with Gasteiger partial charge in [-0.1, -0.05) is 31.0 Å². The molecule has 0 radical (unpaired) electrons. The Labute approximate surface area is 109 Å². The number of hydrogen-bond acceptors (Lipinski definition) is 3. The van der Waals surface area contributed by atoms with Crippen LogP contribution < -0.4 is 4.72 Å². The summed E-state index contributed by atoms with van der Waals surface area (Å²) >= 11 is 0. The zero-order valence-corrected chi connectivity index (χ0v) is 11.7. The Morgan fingerprint density at radius 2 is 2.06 bits per heavy atom. The molecule has 0 saturated carbocycles. The van der Waals surface area contributed by atoms with Gasteiger partial charge in [0.1, 0.15) is 6.04 Å². The number of sulfonamides is 1. The molecule has 0 saturated heterocycles. The topological polar surface area (TPSA) is 70.0 Å². The van der Waals surface area contributed by atoms with E-state index in [1.165, 1.54) is 0 Å². The number of nitrogens with one attached hydrogen (secondary N) is 1. The van der Waals surface area contributed by atoms with Gasteiger partial charge in [-0.05, 0) is 31.9 Å². The fourth-order valence-electron chi connectivity index (χ4n) is 1.79. The number of aryl methyl sites for hydroxylation is 2. The van der Waals surface area contributed by atoms with Gasteiger partial charge < -0.3 is 0 Å². The molecule has 0 amide bonds. The zero-order chi connectivity index (χ0) is 13.8. The Bertz CT molecular complexity index is 559. The van der Waals surface area contributed by atoms with Crippen molar-refractivity contribution in [3.8, 4) is 6.07 Å². The van der Waals surface area contributed by atoms with Crippen molar-refractivity contribution in [3.63, 3.8) is 0 Å². The largest absolute Gasteiger partial charge is 0.241 e. The summed E-state index contributed by atoms with van der Waals surface area (Å²) in [4.78, 5) is 0.240. The summed E-state index contributed by atoms with van der Waals surface area (Å²) < 4.78 is 26.7. The van der Waals surface area contributed by atoms with E-state index >= 15 is 0 Å². The maximum atomic E-state index is 12.1. The van der Waals surface area contributed by atoms with E-state index in [4.69, 9.17) is 5.26 Å². The van der Waals surface area contributed by atoms with E-state index in [0.717, 1.165) is 12.0 Å². The van der Waals surface area contributed by atoms with Crippen LogP contribution in [0.4, 0.5) is 0 Å². The molecule has 1 rings (SSSR count). The van der Waals surface area contributed by atoms with Gasteiger partial charge in [-0.2, -0.15) is 9.98 Å². The van der Waals surface area contributed by atoms with E-state index in [2.05, 4.69) is 4.72 Å². The van der Waals surface area contributed by atoms with Crippen molar-refractivity contribution >= 4 is 10.0 Å². The van der Waals surface area contributed by atoms with Crippen molar-refractivity contribution < 1.29 is 8.42 Å². The standard InChI is InChI=1S/C13H18N2O2S/c1-4-5-12(9-14)15-18(16,17)13-7-6-10(2)8-11(13)3/h6-8,12,15H,4-5H2,1-3H3. The third kappa shape index (κ3) is 3.56. The molecular formula is C13H18N2O2S. The Morgan fingerprint density at radius 1 is 1.39 bits per heavy atom. The van der Waals surface area contributed by atoms with Crippen LogP contribution in [0.25, 0.3) is 0 Å². The molecule has 0 aliphatic carbocycles. The molecule has 0 heterocycles. The van der Waals surface area contributed by atoms with Crippen LogP contribution in [0.2, 0.25) is 0 Å². The number of rotatable bonds is 5. The quantitative estimate of drug-likeness (QED) is 0.888. The van der Waals surface area contributed by atoms with E-state index < -0.39 is 16.1 Å². The summed E-state index contributed by atoms with van der Waals surface area (Å²) in [6.07, 6.45) is 1.27. The predicted molar refractivity (Wildman–Crippen MR) is 70.5 cm³/mol. The molecule has 0 aromatic heterocycles. The normalized spacial score (nSPS) is 13.0. The number of nitrogens with zero attached hydrogens (tertiary/aromatic N) is 1. The van der Waals surface area contributed by atoms with E-state index in [-0.39, 0.29) is 4.90 Å². The van der Waals surface area contributed by atoms with Gasteiger partial charge in [0.15, 0.2) is 0 Å². The Balaban J connectivity index is 3.03. The average Bonchev–Trinajstić information content (AvgIpc) is 2.27. The first-order valence-electron chi connectivity index (χ1n) is 5.90. The molecular weight excluding hydrogens is 248 g/mol. The van der Waals surface area contributed by atoms with Crippen molar-refractivity contribution in [1.82, 2.24) is 4.72 Å². The molecule has 1 aromatic carbocycles. The lowest BCUT2D eigenvalue weighted by atomic mass is 10.2. The number of nitriles is 1. The van der Waals surface area contributed by atoms with Crippen molar-refractivity contribution in [2.75, 3.05) is 0 Å². The van der Waals surface area contributed by atoms with Crippen LogP contribution in [0.3, 0.4) is 0 Å². The maximum Gasteiger partial charge on any atom is 0.241 e. The molecule has 4 nitrogen and oxygen atoms in total. The van der Waals surface area contributed by atoms with Gasteiger partial charge in [-0.25, -0.2) is 8.42 Å². The van der Waals surface area contributed by atoms with Crippen LogP contribution >= 0.6 is 0 Å². The molecule has 0 spiro atoms. The molecule has 98 valence electrons. The molecule has 0 aliphatic rings. The molecule has 1 aromatic rings. The molecule has 5 heteroatoms. The highest BCUT2D eigenvalue weighted by atomic mass is 32.2. The summed E-state index contributed by atoms with van der Waals surface area (Å²) in [5.74, 6) is 0. The maximum absolute atomic E-state index is 12.1. The van der Waals surface area contributed by atoms with Crippen LogP contribution in [0.1, 0.15) is 30.9 Å². The lowest BCUT2D eigenvalue weighted by Crippen LogP contribution is -2.34. The van der Waals surface area contributed by atoms with E-state index in [1.807, 2.05) is 26.0 Å². The monoisotopic (exact) mass is 266 g/mol. The summed E-state index contributed by atoms with van der Waals surface area (Å²) in [5, 5.41) is 8.90. The van der Waals surface area contributed by atoms with E-state index in [0.29, 0.717) is 12.0 Å². The second-order valence-electron chi connectivity index (χ2n) is 4.36. The molecule has 0 fully saturated rings. The van der Waals surface area contributed by atoms with Crippen molar-refractivity contribution in [2.45, 2.75) is 44.6 Å². The summed E-state index contributed by atoms with van der Waals surface area (Å²) in [6.45, 7) is 5.57. The molecule has 18 heavy (non-hydrogen) atoms. The summed E-state index contributed by atoms with van der Waals surface area (Å²) in [7, 11) is -3.61. The third-order valence-corrected chi connectivity index (χ3v) is 4.28. The molecule has 0 bridgehead atoms. The molecule has 1 unspecified atom stereocenters. The van der Waals surface area contributed by atoms with E-state index in [1.54, 1.807) is 19.1 Å². The fraction of sp³-hybridized carbons (Fsp3) is 0.462. The van der Waals surface area contributed by atoms with Gasteiger partial charge in [-0.3, -0.25) is 0 Å². The Morgan fingerprint density at radius 3 is 2.56 bits per heavy atom. The summed E-state index contributed by atoms with van der Waals surface area (Å²) in [6, 6.07) is 6.45. The van der Waals surface area contributed by atoms with Crippen LogP contribution in [0, 0.1) is 25.2 Å². The zero-order valence-electron chi connectivity index (χ0n) is 10.9. The number of benzene rings is 1. The lowest BCUT2D eigenvalue weighted by molar-refractivity contribution is 0.562. The van der Waals surface area contributed by atoms with Crippen LogP contribution in [0.5, 0.6) is 0 Å². The summed E-state index contributed by atoms with van der Waals surface area (Å²) in [5.41, 5.74) is 1.70. The minimum atomic E-state index is -3.61. The minimum Gasteiger partial charge on any atom is -0.207 e. The fourth-order valence-corrected chi connectivity index (χ4v) is 3.19. The SMILES string of the molecule is CCCC(C#N)NS(=O)(=O)c1ccc(C)cc1C. The minimum absolute atomic E-state index is 0.240.